The summed E-state index contributed by atoms with van der Waals surface area (Å²) >= 11 is 0. The zero-order valence-electron chi connectivity index (χ0n) is 13.6. The first-order valence-corrected chi connectivity index (χ1v) is 8.42. The predicted octanol–water partition coefficient (Wildman–Crippen LogP) is 2.59. The maximum absolute atomic E-state index is 9.05. The summed E-state index contributed by atoms with van der Waals surface area (Å²) in [5.41, 5.74) is 1.34. The van der Waals surface area contributed by atoms with Crippen molar-refractivity contribution in [1.29, 1.82) is 5.26 Å². The quantitative estimate of drug-likeness (QED) is 0.877. The SMILES string of the molecule is Cc1ccc(NC[C@H]2CC[C@@H](c3nc(C4CC4)n[nH]3)O2)nc1C#N. The number of nitrogens with zero attached hydrogens (tertiary/aromatic N) is 4. The summed E-state index contributed by atoms with van der Waals surface area (Å²) < 4.78 is 6.07. The number of aromatic nitrogens is 4. The second-order valence-corrected chi connectivity index (χ2v) is 6.53. The van der Waals surface area contributed by atoms with Crippen LogP contribution >= 0.6 is 0 Å². The predicted molar refractivity (Wildman–Crippen MR) is 87.4 cm³/mol. The molecule has 24 heavy (non-hydrogen) atoms. The van der Waals surface area contributed by atoms with E-state index >= 15 is 0 Å². The van der Waals surface area contributed by atoms with Crippen molar-refractivity contribution < 1.29 is 4.74 Å². The van der Waals surface area contributed by atoms with Crippen molar-refractivity contribution >= 4 is 5.82 Å². The van der Waals surface area contributed by atoms with Crippen molar-refractivity contribution in [1.82, 2.24) is 20.2 Å². The molecular formula is C17H20N6O. The molecule has 4 rings (SSSR count). The van der Waals surface area contributed by atoms with Crippen molar-refractivity contribution in [2.24, 2.45) is 0 Å². The van der Waals surface area contributed by atoms with Crippen LogP contribution in [0.2, 0.25) is 0 Å². The Balaban J connectivity index is 1.32. The second kappa shape index (κ2) is 6.21. The Morgan fingerprint density at radius 1 is 1.29 bits per heavy atom. The topological polar surface area (TPSA) is 99.5 Å². The molecule has 1 saturated carbocycles. The molecule has 2 aliphatic rings. The number of aryl methyl sites for hydroxylation is 1. The molecule has 0 aromatic carbocycles. The molecule has 1 aliphatic carbocycles. The van der Waals surface area contributed by atoms with E-state index < -0.39 is 0 Å². The van der Waals surface area contributed by atoms with Gasteiger partial charge in [0.05, 0.1) is 6.10 Å². The van der Waals surface area contributed by atoms with Crippen LogP contribution in [-0.2, 0) is 4.74 Å². The molecule has 2 atom stereocenters. The lowest BCUT2D eigenvalue weighted by Gasteiger charge is -2.13. The smallest absolute Gasteiger partial charge is 0.153 e. The van der Waals surface area contributed by atoms with Gasteiger partial charge < -0.3 is 10.1 Å². The maximum Gasteiger partial charge on any atom is 0.153 e. The van der Waals surface area contributed by atoms with Crippen molar-refractivity contribution in [3.8, 4) is 6.07 Å². The molecule has 0 spiro atoms. The second-order valence-electron chi connectivity index (χ2n) is 6.53. The number of nitriles is 1. The Labute approximate surface area is 140 Å². The van der Waals surface area contributed by atoms with E-state index in [0.29, 0.717) is 24.0 Å². The summed E-state index contributed by atoms with van der Waals surface area (Å²) in [6.07, 6.45) is 4.41. The summed E-state index contributed by atoms with van der Waals surface area (Å²) in [4.78, 5) is 8.88. The van der Waals surface area contributed by atoms with Crippen LogP contribution < -0.4 is 5.32 Å². The highest BCUT2D eigenvalue weighted by atomic mass is 16.5. The first-order valence-electron chi connectivity index (χ1n) is 8.42. The molecule has 3 heterocycles. The van der Waals surface area contributed by atoms with Gasteiger partial charge in [-0.2, -0.15) is 10.4 Å². The number of aromatic amines is 1. The van der Waals surface area contributed by atoms with Gasteiger partial charge in [-0.05, 0) is 44.2 Å². The third-order valence-electron chi connectivity index (χ3n) is 4.59. The van der Waals surface area contributed by atoms with E-state index in [9.17, 15) is 0 Å². The summed E-state index contributed by atoms with van der Waals surface area (Å²) in [6.45, 7) is 2.55. The van der Waals surface area contributed by atoms with Crippen molar-refractivity contribution in [2.45, 2.75) is 50.7 Å². The molecule has 2 fully saturated rings. The van der Waals surface area contributed by atoms with Gasteiger partial charge in [0.25, 0.3) is 0 Å². The highest BCUT2D eigenvalue weighted by Gasteiger charge is 2.32. The maximum atomic E-state index is 9.05. The highest BCUT2D eigenvalue weighted by molar-refractivity contribution is 5.42. The number of nitrogens with one attached hydrogen (secondary N) is 2. The van der Waals surface area contributed by atoms with Gasteiger partial charge in [-0.15, -0.1) is 0 Å². The number of hydrogen-bond donors (Lipinski definition) is 2. The number of pyridine rings is 1. The van der Waals surface area contributed by atoms with E-state index in [-0.39, 0.29) is 12.2 Å². The van der Waals surface area contributed by atoms with Crippen LogP contribution in [0.5, 0.6) is 0 Å². The molecule has 0 unspecified atom stereocenters. The molecule has 0 radical (unpaired) electrons. The molecule has 7 nitrogen and oxygen atoms in total. The molecule has 1 saturated heterocycles. The van der Waals surface area contributed by atoms with E-state index in [1.165, 1.54) is 12.8 Å². The summed E-state index contributed by atoms with van der Waals surface area (Å²) in [6, 6.07) is 5.90. The summed E-state index contributed by atoms with van der Waals surface area (Å²) in [5, 5.41) is 19.6. The van der Waals surface area contributed by atoms with E-state index in [1.807, 2.05) is 19.1 Å². The van der Waals surface area contributed by atoms with Crippen LogP contribution in [0.25, 0.3) is 0 Å². The van der Waals surface area contributed by atoms with Gasteiger partial charge in [-0.25, -0.2) is 9.97 Å². The van der Waals surface area contributed by atoms with Gasteiger partial charge in [0.2, 0.25) is 0 Å². The minimum atomic E-state index is -0.00236. The Hall–Kier alpha value is -2.46. The van der Waals surface area contributed by atoms with Crippen LogP contribution in [0.4, 0.5) is 5.82 Å². The van der Waals surface area contributed by atoms with Crippen LogP contribution in [0.1, 0.15) is 60.6 Å². The lowest BCUT2D eigenvalue weighted by atomic mass is 10.2. The summed E-state index contributed by atoms with van der Waals surface area (Å²) in [5.74, 6) is 3.04. The zero-order chi connectivity index (χ0) is 16.5. The first kappa shape index (κ1) is 15.1. The fraction of sp³-hybridized carbons (Fsp3) is 0.529. The first-order chi connectivity index (χ1) is 11.7. The van der Waals surface area contributed by atoms with E-state index in [1.54, 1.807) is 0 Å². The van der Waals surface area contributed by atoms with Gasteiger partial charge in [-0.3, -0.25) is 5.10 Å². The fourth-order valence-electron chi connectivity index (χ4n) is 2.97. The molecule has 0 amide bonds. The van der Waals surface area contributed by atoms with Gasteiger partial charge in [0.15, 0.2) is 11.6 Å². The van der Waals surface area contributed by atoms with Gasteiger partial charge in [0, 0.05) is 12.5 Å². The number of ether oxygens (including phenoxy) is 1. The Bertz CT molecular complexity index is 776. The van der Waals surface area contributed by atoms with Crippen LogP contribution in [0.3, 0.4) is 0 Å². The van der Waals surface area contributed by atoms with Crippen molar-refractivity contribution in [3.05, 3.63) is 35.0 Å². The monoisotopic (exact) mass is 324 g/mol. The minimum absolute atomic E-state index is 0.00236. The Morgan fingerprint density at radius 2 is 2.17 bits per heavy atom. The molecule has 2 N–H and O–H groups in total. The van der Waals surface area contributed by atoms with Crippen LogP contribution in [0, 0.1) is 18.3 Å². The number of H-pyrrole nitrogens is 1. The molecule has 1 aliphatic heterocycles. The third kappa shape index (κ3) is 3.10. The molecule has 7 heteroatoms. The van der Waals surface area contributed by atoms with Gasteiger partial charge in [-0.1, -0.05) is 6.07 Å². The average molecular weight is 324 g/mol. The zero-order valence-corrected chi connectivity index (χ0v) is 13.6. The molecular weight excluding hydrogens is 304 g/mol. The lowest BCUT2D eigenvalue weighted by molar-refractivity contribution is 0.0471. The highest BCUT2D eigenvalue weighted by Crippen LogP contribution is 2.39. The molecule has 2 aromatic heterocycles. The van der Waals surface area contributed by atoms with Gasteiger partial charge >= 0.3 is 0 Å². The van der Waals surface area contributed by atoms with E-state index in [0.717, 1.165) is 30.1 Å². The number of hydrogen-bond acceptors (Lipinski definition) is 6. The van der Waals surface area contributed by atoms with E-state index in [4.69, 9.17) is 10.00 Å². The van der Waals surface area contributed by atoms with Crippen molar-refractivity contribution in [3.63, 3.8) is 0 Å². The van der Waals surface area contributed by atoms with E-state index in [2.05, 4.69) is 31.6 Å². The van der Waals surface area contributed by atoms with Gasteiger partial charge in [0.1, 0.15) is 23.7 Å². The Kier molecular flexibility index (Phi) is 3.90. The standard InChI is InChI=1S/C17H20N6O/c1-10-2-7-15(20-13(10)8-18)19-9-12-5-6-14(24-12)17-21-16(22-23-17)11-3-4-11/h2,7,11-12,14H,3-6,9H2,1H3,(H,19,20)(H,21,22,23)/t12-,14+/m1/s1. The normalized spacial score (nSPS) is 23.2. The van der Waals surface area contributed by atoms with Crippen LogP contribution in [-0.4, -0.2) is 32.8 Å². The third-order valence-corrected chi connectivity index (χ3v) is 4.59. The van der Waals surface area contributed by atoms with Crippen molar-refractivity contribution in [2.75, 3.05) is 11.9 Å². The van der Waals surface area contributed by atoms with Crippen LogP contribution in [0.15, 0.2) is 12.1 Å². The fourth-order valence-corrected chi connectivity index (χ4v) is 2.97. The largest absolute Gasteiger partial charge is 0.367 e. The molecule has 2 aromatic rings. The number of rotatable bonds is 5. The Morgan fingerprint density at radius 3 is 2.96 bits per heavy atom. The molecule has 0 bridgehead atoms. The number of anilines is 1. The summed E-state index contributed by atoms with van der Waals surface area (Å²) in [7, 11) is 0. The lowest BCUT2D eigenvalue weighted by Crippen LogP contribution is -2.20. The average Bonchev–Trinajstić information content (AvgIpc) is 3.14. The minimum Gasteiger partial charge on any atom is -0.367 e. The molecule has 124 valence electrons.